The molecular formula is C16H19ClN6O2. The molecule has 4 rings (SSSR count). The topological polar surface area (TPSA) is 117 Å². The highest BCUT2D eigenvalue weighted by Crippen LogP contribution is 2.34. The van der Waals surface area contributed by atoms with E-state index in [4.69, 9.17) is 14.8 Å². The fourth-order valence-corrected chi connectivity index (χ4v) is 2.98. The summed E-state index contributed by atoms with van der Waals surface area (Å²) in [6.45, 7) is 0. The minimum absolute atomic E-state index is 0. The summed E-state index contributed by atoms with van der Waals surface area (Å²) in [5.41, 5.74) is 6.77. The number of rotatable bonds is 5. The first kappa shape index (κ1) is 17.5. The number of nitrogens with two attached hydrogens (primary N) is 1. The molecule has 1 fully saturated rings. The molecule has 3 heterocycles. The molecule has 3 aromatic heterocycles. The van der Waals surface area contributed by atoms with Crippen LogP contribution in [-0.4, -0.2) is 25.3 Å². The average molecular weight is 363 g/mol. The molecule has 0 saturated heterocycles. The summed E-state index contributed by atoms with van der Waals surface area (Å²) in [6.07, 6.45) is 8.50. The van der Waals surface area contributed by atoms with Crippen molar-refractivity contribution < 1.29 is 9.05 Å². The molecule has 0 aromatic carbocycles. The summed E-state index contributed by atoms with van der Waals surface area (Å²) in [4.78, 5) is 12.8. The van der Waals surface area contributed by atoms with Crippen LogP contribution in [-0.2, 0) is 18.4 Å². The molecule has 0 bridgehead atoms. The van der Waals surface area contributed by atoms with Crippen molar-refractivity contribution in [3.05, 3.63) is 42.1 Å². The van der Waals surface area contributed by atoms with Crippen LogP contribution in [0.5, 0.6) is 0 Å². The molecular weight excluding hydrogens is 344 g/mol. The predicted molar refractivity (Wildman–Crippen MR) is 90.8 cm³/mol. The van der Waals surface area contributed by atoms with Crippen molar-refractivity contribution in [2.24, 2.45) is 5.73 Å². The van der Waals surface area contributed by atoms with E-state index in [1.165, 1.54) is 0 Å². The Morgan fingerprint density at radius 1 is 0.960 bits per heavy atom. The van der Waals surface area contributed by atoms with Gasteiger partial charge >= 0.3 is 0 Å². The van der Waals surface area contributed by atoms with Gasteiger partial charge in [-0.15, -0.1) is 12.4 Å². The van der Waals surface area contributed by atoms with E-state index < -0.39 is 5.54 Å². The van der Waals surface area contributed by atoms with Crippen LogP contribution in [0.1, 0.15) is 43.3 Å². The second kappa shape index (κ2) is 7.28. The van der Waals surface area contributed by atoms with Crippen LogP contribution < -0.4 is 5.73 Å². The Kier molecular flexibility index (Phi) is 5.10. The first-order valence-electron chi connectivity index (χ1n) is 8.08. The molecule has 0 unspecified atom stereocenters. The van der Waals surface area contributed by atoms with Crippen molar-refractivity contribution in [1.29, 1.82) is 0 Å². The van der Waals surface area contributed by atoms with E-state index in [1.807, 2.05) is 12.1 Å². The summed E-state index contributed by atoms with van der Waals surface area (Å²) in [7, 11) is 0. The van der Waals surface area contributed by atoms with Crippen molar-refractivity contribution in [3.63, 3.8) is 0 Å². The number of pyridine rings is 1. The van der Waals surface area contributed by atoms with Gasteiger partial charge in [0.05, 0.1) is 5.54 Å². The molecule has 0 spiro atoms. The molecule has 1 aliphatic rings. The SMILES string of the molecule is Cl.NC1(c2noc(CCc3nc(-c4ccncc4)no3)n2)CCCC1. The first-order valence-corrected chi connectivity index (χ1v) is 8.08. The molecule has 0 aliphatic heterocycles. The smallest absolute Gasteiger partial charge is 0.227 e. The van der Waals surface area contributed by atoms with Crippen molar-refractivity contribution in [2.45, 2.75) is 44.1 Å². The second-order valence-corrected chi connectivity index (χ2v) is 6.12. The zero-order valence-electron chi connectivity index (χ0n) is 13.6. The van der Waals surface area contributed by atoms with E-state index in [-0.39, 0.29) is 12.4 Å². The van der Waals surface area contributed by atoms with Gasteiger partial charge in [-0.3, -0.25) is 4.98 Å². The van der Waals surface area contributed by atoms with Gasteiger partial charge in [-0.2, -0.15) is 9.97 Å². The molecule has 1 aliphatic carbocycles. The summed E-state index contributed by atoms with van der Waals surface area (Å²) in [5.74, 6) is 2.23. The zero-order chi connectivity index (χ0) is 16.4. The quantitative estimate of drug-likeness (QED) is 0.735. The van der Waals surface area contributed by atoms with E-state index in [1.54, 1.807) is 12.4 Å². The monoisotopic (exact) mass is 362 g/mol. The number of aryl methyl sites for hydroxylation is 2. The van der Waals surface area contributed by atoms with Gasteiger partial charge in [0.25, 0.3) is 0 Å². The number of hydrogen-bond acceptors (Lipinski definition) is 8. The van der Waals surface area contributed by atoms with Crippen LogP contribution in [0, 0.1) is 0 Å². The van der Waals surface area contributed by atoms with Crippen LogP contribution in [0.4, 0.5) is 0 Å². The minimum Gasteiger partial charge on any atom is -0.339 e. The van der Waals surface area contributed by atoms with Crippen LogP contribution in [0.25, 0.3) is 11.4 Å². The van der Waals surface area contributed by atoms with E-state index in [0.717, 1.165) is 31.2 Å². The number of halogens is 1. The molecule has 9 heteroatoms. The van der Waals surface area contributed by atoms with Gasteiger partial charge in [-0.1, -0.05) is 23.2 Å². The lowest BCUT2D eigenvalue weighted by molar-refractivity contribution is 0.339. The van der Waals surface area contributed by atoms with Crippen LogP contribution in [0.3, 0.4) is 0 Å². The largest absolute Gasteiger partial charge is 0.339 e. The first-order chi connectivity index (χ1) is 11.7. The normalized spacial score (nSPS) is 15.9. The van der Waals surface area contributed by atoms with Gasteiger partial charge in [0.15, 0.2) is 5.82 Å². The maximum atomic E-state index is 6.34. The zero-order valence-corrected chi connectivity index (χ0v) is 14.4. The molecule has 0 amide bonds. The lowest BCUT2D eigenvalue weighted by Crippen LogP contribution is -2.34. The molecule has 0 atom stereocenters. The Morgan fingerprint density at radius 2 is 1.60 bits per heavy atom. The van der Waals surface area contributed by atoms with Crippen LogP contribution >= 0.6 is 12.4 Å². The van der Waals surface area contributed by atoms with Crippen molar-refractivity contribution in [1.82, 2.24) is 25.3 Å². The van der Waals surface area contributed by atoms with Gasteiger partial charge < -0.3 is 14.8 Å². The summed E-state index contributed by atoms with van der Waals surface area (Å²) < 4.78 is 10.6. The highest BCUT2D eigenvalue weighted by molar-refractivity contribution is 5.85. The highest BCUT2D eigenvalue weighted by Gasteiger charge is 2.35. The fourth-order valence-electron chi connectivity index (χ4n) is 2.98. The number of hydrogen-bond donors (Lipinski definition) is 1. The number of nitrogens with zero attached hydrogens (tertiary/aromatic N) is 5. The summed E-state index contributed by atoms with van der Waals surface area (Å²) >= 11 is 0. The predicted octanol–water partition coefficient (Wildman–Crippen LogP) is 2.45. The minimum atomic E-state index is -0.430. The standard InChI is InChI=1S/C16H18N6O2.ClH/c17-16(7-1-2-8-16)15-20-13(24-22-15)4-3-12-19-14(21-23-12)11-5-9-18-10-6-11;/h5-6,9-10H,1-4,7-8,17H2;1H. The lowest BCUT2D eigenvalue weighted by atomic mass is 9.99. The van der Waals surface area contributed by atoms with Gasteiger partial charge in [-0.25, -0.2) is 0 Å². The van der Waals surface area contributed by atoms with Crippen molar-refractivity contribution in [2.75, 3.05) is 0 Å². The molecule has 0 radical (unpaired) electrons. The van der Waals surface area contributed by atoms with Gasteiger partial charge in [0.1, 0.15) is 0 Å². The molecule has 132 valence electrons. The van der Waals surface area contributed by atoms with Gasteiger partial charge in [-0.05, 0) is 25.0 Å². The fraction of sp³-hybridized carbons (Fsp3) is 0.438. The van der Waals surface area contributed by atoms with Crippen LogP contribution in [0.2, 0.25) is 0 Å². The van der Waals surface area contributed by atoms with E-state index in [2.05, 4.69) is 25.3 Å². The van der Waals surface area contributed by atoms with Gasteiger partial charge in [0, 0.05) is 30.8 Å². The Morgan fingerprint density at radius 3 is 2.32 bits per heavy atom. The van der Waals surface area contributed by atoms with E-state index >= 15 is 0 Å². The molecule has 8 nitrogen and oxygen atoms in total. The Bertz CT molecular complexity index is 813. The summed E-state index contributed by atoms with van der Waals surface area (Å²) in [5, 5.41) is 8.03. The second-order valence-electron chi connectivity index (χ2n) is 6.12. The average Bonchev–Trinajstić information content (AvgIpc) is 3.35. The Balaban J connectivity index is 0.00000182. The highest BCUT2D eigenvalue weighted by atomic mass is 35.5. The van der Waals surface area contributed by atoms with E-state index in [0.29, 0.717) is 36.3 Å². The lowest BCUT2D eigenvalue weighted by Gasteiger charge is -2.17. The van der Waals surface area contributed by atoms with Gasteiger partial charge in [0.2, 0.25) is 17.6 Å². The van der Waals surface area contributed by atoms with Crippen molar-refractivity contribution >= 4 is 12.4 Å². The maximum absolute atomic E-state index is 6.34. The third kappa shape index (κ3) is 3.69. The molecule has 2 N–H and O–H groups in total. The number of aromatic nitrogens is 5. The maximum Gasteiger partial charge on any atom is 0.227 e. The van der Waals surface area contributed by atoms with E-state index in [9.17, 15) is 0 Å². The molecule has 25 heavy (non-hydrogen) atoms. The van der Waals surface area contributed by atoms with Crippen molar-refractivity contribution in [3.8, 4) is 11.4 Å². The van der Waals surface area contributed by atoms with Crippen LogP contribution in [0.15, 0.2) is 33.6 Å². The molecule has 3 aromatic rings. The summed E-state index contributed by atoms with van der Waals surface area (Å²) in [6, 6.07) is 3.67. The third-order valence-electron chi connectivity index (χ3n) is 4.37. The Hall–Kier alpha value is -2.32. The Labute approximate surface area is 150 Å². The third-order valence-corrected chi connectivity index (χ3v) is 4.37. The molecule has 1 saturated carbocycles.